The summed E-state index contributed by atoms with van der Waals surface area (Å²) in [5.74, 6) is 0. The zero-order valence-corrected chi connectivity index (χ0v) is 10.4. The Hall–Kier alpha value is -0.840. The molecule has 0 bridgehead atoms. The van der Waals surface area contributed by atoms with Crippen LogP contribution < -0.4 is 5.32 Å². The molecule has 94 valence electrons. The number of nitrogens with one attached hydrogen (secondary N) is 1. The summed E-state index contributed by atoms with van der Waals surface area (Å²) in [6.07, 6.45) is -0.903. The molecule has 1 saturated heterocycles. The largest absolute Gasteiger partial charge is 0.444 e. The molecule has 1 heterocycles. The van der Waals surface area contributed by atoms with Crippen molar-refractivity contribution in [2.24, 2.45) is 0 Å². The number of hydrogen-bond donors (Lipinski definition) is 1. The summed E-state index contributed by atoms with van der Waals surface area (Å²) in [5.41, 5.74) is -0.511. The smallest absolute Gasteiger partial charge is 0.410 e. The highest BCUT2D eigenvalue weighted by atomic mass is 19.1. The second-order valence-corrected chi connectivity index (χ2v) is 5.24. The lowest BCUT2D eigenvalue weighted by Gasteiger charge is -2.34. The highest BCUT2D eigenvalue weighted by Crippen LogP contribution is 2.15. The molecule has 2 unspecified atom stereocenters. The molecule has 16 heavy (non-hydrogen) atoms. The molecule has 1 rings (SSSR count). The molecule has 0 saturated carbocycles. The molecule has 1 aliphatic heterocycles. The highest BCUT2D eigenvalue weighted by molar-refractivity contribution is 5.68. The average molecular weight is 232 g/mol. The van der Waals surface area contributed by atoms with Crippen LogP contribution >= 0.6 is 0 Å². The Morgan fingerprint density at radius 3 is 2.56 bits per heavy atom. The van der Waals surface area contributed by atoms with Crippen LogP contribution in [0.5, 0.6) is 0 Å². The Morgan fingerprint density at radius 1 is 1.44 bits per heavy atom. The molecule has 1 aliphatic rings. The number of rotatable bonds is 1. The predicted octanol–water partition coefficient (Wildman–Crippen LogP) is 1.55. The van der Waals surface area contributed by atoms with Crippen LogP contribution in [0.4, 0.5) is 9.18 Å². The topological polar surface area (TPSA) is 41.6 Å². The first-order valence-electron chi connectivity index (χ1n) is 5.60. The van der Waals surface area contributed by atoms with Gasteiger partial charge in [0.2, 0.25) is 0 Å². The number of piperidine rings is 1. The summed E-state index contributed by atoms with van der Waals surface area (Å²) in [4.78, 5) is 13.2. The molecule has 2 atom stereocenters. The molecule has 0 aromatic rings. The van der Waals surface area contributed by atoms with Crippen LogP contribution in [-0.2, 0) is 4.74 Å². The second kappa shape index (κ2) is 4.99. The van der Waals surface area contributed by atoms with Crippen molar-refractivity contribution in [3.8, 4) is 0 Å². The monoisotopic (exact) mass is 232 g/mol. The fraction of sp³-hybridized carbons (Fsp3) is 0.909. The third-order valence-electron chi connectivity index (χ3n) is 2.50. The maximum Gasteiger partial charge on any atom is 0.410 e. The molecule has 0 spiro atoms. The maximum absolute atomic E-state index is 13.2. The summed E-state index contributed by atoms with van der Waals surface area (Å²) in [7, 11) is 1.65. The third-order valence-corrected chi connectivity index (χ3v) is 2.50. The number of alkyl halides is 1. The molecule has 1 fully saturated rings. The molecule has 1 N–H and O–H groups in total. The highest BCUT2D eigenvalue weighted by Gasteiger charge is 2.29. The van der Waals surface area contributed by atoms with Crippen molar-refractivity contribution in [1.29, 1.82) is 0 Å². The van der Waals surface area contributed by atoms with Crippen LogP contribution in [0.25, 0.3) is 0 Å². The normalized spacial score (nSPS) is 26.3. The number of halogens is 1. The van der Waals surface area contributed by atoms with Crippen LogP contribution in [0.3, 0.4) is 0 Å². The van der Waals surface area contributed by atoms with E-state index < -0.39 is 17.9 Å². The summed E-state index contributed by atoms with van der Waals surface area (Å²) >= 11 is 0. The first-order valence-corrected chi connectivity index (χ1v) is 5.60. The van der Waals surface area contributed by atoms with E-state index in [2.05, 4.69) is 5.32 Å². The van der Waals surface area contributed by atoms with Crippen molar-refractivity contribution in [1.82, 2.24) is 10.2 Å². The van der Waals surface area contributed by atoms with Crippen molar-refractivity contribution in [2.75, 3.05) is 20.1 Å². The van der Waals surface area contributed by atoms with Gasteiger partial charge in [0.15, 0.2) is 0 Å². The van der Waals surface area contributed by atoms with Crippen molar-refractivity contribution in [3.63, 3.8) is 0 Å². The number of carbonyl (C=O) groups is 1. The fourth-order valence-electron chi connectivity index (χ4n) is 1.65. The van der Waals surface area contributed by atoms with Gasteiger partial charge in [-0.25, -0.2) is 9.18 Å². The predicted molar refractivity (Wildman–Crippen MR) is 60.2 cm³/mol. The Labute approximate surface area is 96.1 Å². The minimum Gasteiger partial charge on any atom is -0.444 e. The van der Waals surface area contributed by atoms with E-state index in [1.54, 1.807) is 7.05 Å². The van der Waals surface area contributed by atoms with Gasteiger partial charge in [-0.05, 0) is 20.8 Å². The Bertz CT molecular complexity index is 253. The first-order chi connectivity index (χ1) is 7.29. The van der Waals surface area contributed by atoms with Crippen molar-refractivity contribution >= 4 is 6.09 Å². The SMILES string of the molecule is CN(C(=O)OC(C)(C)C)C1CNCC(F)C1. The molecule has 0 radical (unpaired) electrons. The van der Waals surface area contributed by atoms with Crippen LogP contribution in [0.2, 0.25) is 0 Å². The van der Waals surface area contributed by atoms with Gasteiger partial charge < -0.3 is 15.0 Å². The molecular weight excluding hydrogens is 211 g/mol. The van der Waals surface area contributed by atoms with Crippen molar-refractivity contribution in [3.05, 3.63) is 0 Å². The fourth-order valence-corrected chi connectivity index (χ4v) is 1.65. The van der Waals surface area contributed by atoms with Crippen molar-refractivity contribution in [2.45, 2.75) is 45.0 Å². The summed E-state index contributed by atoms with van der Waals surface area (Å²) < 4.78 is 18.4. The molecule has 4 nitrogen and oxygen atoms in total. The minimum absolute atomic E-state index is 0.126. The van der Waals surface area contributed by atoms with Gasteiger partial charge in [0.1, 0.15) is 11.8 Å². The van der Waals surface area contributed by atoms with E-state index in [4.69, 9.17) is 4.74 Å². The number of amides is 1. The summed E-state index contributed by atoms with van der Waals surface area (Å²) in [5, 5.41) is 2.96. The standard InChI is InChI=1S/C11H21FN2O2/c1-11(2,3)16-10(15)14(4)9-5-8(12)6-13-7-9/h8-9,13H,5-7H2,1-4H3. The molecule has 0 aliphatic carbocycles. The molecule has 0 aromatic heterocycles. The molecular formula is C11H21FN2O2. The van der Waals surface area contributed by atoms with Gasteiger partial charge in [-0.1, -0.05) is 0 Å². The van der Waals surface area contributed by atoms with Crippen LogP contribution in [0, 0.1) is 0 Å². The molecule has 0 aromatic carbocycles. The van der Waals surface area contributed by atoms with E-state index in [0.717, 1.165) is 0 Å². The lowest BCUT2D eigenvalue weighted by Crippen LogP contribution is -2.51. The summed E-state index contributed by atoms with van der Waals surface area (Å²) in [6.45, 7) is 6.44. The van der Waals surface area contributed by atoms with E-state index in [1.807, 2.05) is 20.8 Å². The second-order valence-electron chi connectivity index (χ2n) is 5.24. The number of nitrogens with zero attached hydrogens (tertiary/aromatic N) is 1. The lowest BCUT2D eigenvalue weighted by molar-refractivity contribution is 0.0169. The van der Waals surface area contributed by atoms with Gasteiger partial charge in [0.25, 0.3) is 0 Å². The Balaban J connectivity index is 2.49. The van der Waals surface area contributed by atoms with Crippen molar-refractivity contribution < 1.29 is 13.9 Å². The first kappa shape index (κ1) is 13.2. The maximum atomic E-state index is 13.2. The van der Waals surface area contributed by atoms with Gasteiger partial charge >= 0.3 is 6.09 Å². The van der Waals surface area contributed by atoms with Gasteiger partial charge in [0.05, 0.1) is 0 Å². The van der Waals surface area contributed by atoms with E-state index in [0.29, 0.717) is 19.5 Å². The van der Waals surface area contributed by atoms with Crippen LogP contribution in [0.15, 0.2) is 0 Å². The molecule has 5 heteroatoms. The van der Waals surface area contributed by atoms with Crippen LogP contribution in [-0.4, -0.2) is 48.9 Å². The minimum atomic E-state index is -0.886. The average Bonchev–Trinajstić information content (AvgIpc) is 2.14. The van der Waals surface area contributed by atoms with Gasteiger partial charge in [-0.2, -0.15) is 0 Å². The molecule has 1 amide bonds. The van der Waals surface area contributed by atoms with E-state index in [9.17, 15) is 9.18 Å². The number of carbonyl (C=O) groups excluding carboxylic acids is 1. The van der Waals surface area contributed by atoms with Gasteiger partial charge in [0, 0.05) is 32.6 Å². The number of ether oxygens (including phenoxy) is 1. The Kier molecular flexibility index (Phi) is 4.13. The quantitative estimate of drug-likeness (QED) is 0.746. The lowest BCUT2D eigenvalue weighted by atomic mass is 10.1. The number of hydrogen-bond acceptors (Lipinski definition) is 3. The number of likely N-dealkylation sites (N-methyl/N-ethyl adjacent to an activating group) is 1. The zero-order valence-electron chi connectivity index (χ0n) is 10.4. The summed E-state index contributed by atoms with van der Waals surface area (Å²) in [6, 6.07) is -0.126. The van der Waals surface area contributed by atoms with E-state index in [1.165, 1.54) is 4.90 Å². The van der Waals surface area contributed by atoms with E-state index in [-0.39, 0.29) is 6.04 Å². The third kappa shape index (κ3) is 3.96. The Morgan fingerprint density at radius 2 is 2.06 bits per heavy atom. The zero-order chi connectivity index (χ0) is 12.3. The van der Waals surface area contributed by atoms with Crippen LogP contribution in [0.1, 0.15) is 27.2 Å². The van der Waals surface area contributed by atoms with E-state index >= 15 is 0 Å². The van der Waals surface area contributed by atoms with Gasteiger partial charge in [-0.15, -0.1) is 0 Å². The van der Waals surface area contributed by atoms with Gasteiger partial charge in [-0.3, -0.25) is 0 Å².